The van der Waals surface area contributed by atoms with Gasteiger partial charge in [0, 0.05) is 33.2 Å². The normalized spacial score (nSPS) is 24.1. The Kier molecular flexibility index (Phi) is 9.82. The van der Waals surface area contributed by atoms with Crippen LogP contribution in [0.3, 0.4) is 0 Å². The van der Waals surface area contributed by atoms with E-state index in [1.54, 1.807) is 0 Å². The molecule has 5 heteroatoms. The van der Waals surface area contributed by atoms with Crippen LogP contribution in [0.25, 0.3) is 0 Å². The molecule has 0 aromatic carbocycles. The second-order valence-corrected chi connectivity index (χ2v) is 7.77. The minimum absolute atomic E-state index is 0. The lowest BCUT2D eigenvalue weighted by Crippen LogP contribution is -2.43. The fourth-order valence-electron chi connectivity index (χ4n) is 3.95. The summed E-state index contributed by atoms with van der Waals surface area (Å²) < 4.78 is 0. The Morgan fingerprint density at radius 2 is 1.87 bits per heavy atom. The molecular weight excluding hydrogens is 399 g/mol. The van der Waals surface area contributed by atoms with Crippen LogP contribution in [0.2, 0.25) is 0 Å². The van der Waals surface area contributed by atoms with Gasteiger partial charge in [0.05, 0.1) is 0 Å². The molecule has 2 heterocycles. The van der Waals surface area contributed by atoms with E-state index in [4.69, 9.17) is 0 Å². The molecule has 2 fully saturated rings. The number of aliphatic imine (C=N–C) groups is 1. The molecule has 0 radical (unpaired) electrons. The number of hydrogen-bond donors (Lipinski definition) is 1. The third-order valence-corrected chi connectivity index (χ3v) is 4.98. The number of halogens is 1. The Bertz CT molecular complexity index is 353. The predicted molar refractivity (Wildman–Crippen MR) is 111 cm³/mol. The minimum atomic E-state index is 0. The summed E-state index contributed by atoms with van der Waals surface area (Å²) in [7, 11) is 1.92. The zero-order valence-corrected chi connectivity index (χ0v) is 17.9. The van der Waals surface area contributed by atoms with E-state index in [1.165, 1.54) is 51.9 Å². The topological polar surface area (TPSA) is 30.9 Å². The highest BCUT2D eigenvalue weighted by molar-refractivity contribution is 14.0. The van der Waals surface area contributed by atoms with Crippen LogP contribution >= 0.6 is 24.0 Å². The van der Waals surface area contributed by atoms with Gasteiger partial charge in [-0.05, 0) is 56.5 Å². The predicted octanol–water partition coefficient (Wildman–Crippen LogP) is 3.28. The first-order valence-electron chi connectivity index (χ1n) is 9.26. The zero-order chi connectivity index (χ0) is 15.9. The Morgan fingerprint density at radius 1 is 1.17 bits per heavy atom. The molecule has 0 saturated carbocycles. The molecule has 0 spiro atoms. The fraction of sp³-hybridized carbons (Fsp3) is 0.944. The van der Waals surface area contributed by atoms with E-state index in [0.717, 1.165) is 30.9 Å². The van der Waals surface area contributed by atoms with E-state index in [-0.39, 0.29) is 24.0 Å². The maximum Gasteiger partial charge on any atom is 0.193 e. The monoisotopic (exact) mass is 436 g/mol. The Morgan fingerprint density at radius 3 is 2.48 bits per heavy atom. The van der Waals surface area contributed by atoms with Crippen molar-refractivity contribution in [3.8, 4) is 0 Å². The van der Waals surface area contributed by atoms with Gasteiger partial charge in [-0.25, -0.2) is 0 Å². The van der Waals surface area contributed by atoms with Gasteiger partial charge in [0.15, 0.2) is 5.96 Å². The zero-order valence-electron chi connectivity index (χ0n) is 15.6. The molecule has 0 aromatic rings. The molecule has 0 bridgehead atoms. The smallest absolute Gasteiger partial charge is 0.193 e. The minimum Gasteiger partial charge on any atom is -0.356 e. The molecule has 2 rings (SSSR count). The van der Waals surface area contributed by atoms with Gasteiger partial charge in [-0.1, -0.05) is 20.8 Å². The summed E-state index contributed by atoms with van der Waals surface area (Å²) >= 11 is 0. The lowest BCUT2D eigenvalue weighted by molar-refractivity contribution is 0.286. The number of likely N-dealkylation sites (tertiary alicyclic amines) is 2. The van der Waals surface area contributed by atoms with E-state index in [2.05, 4.69) is 40.9 Å². The highest BCUT2D eigenvalue weighted by Gasteiger charge is 2.25. The second-order valence-electron chi connectivity index (χ2n) is 7.77. The van der Waals surface area contributed by atoms with E-state index in [1.807, 2.05) is 7.05 Å². The molecule has 2 atom stereocenters. The van der Waals surface area contributed by atoms with Crippen LogP contribution in [0.4, 0.5) is 0 Å². The molecule has 0 aromatic heterocycles. The van der Waals surface area contributed by atoms with Gasteiger partial charge in [0.2, 0.25) is 0 Å². The molecule has 23 heavy (non-hydrogen) atoms. The number of guanidine groups is 1. The highest BCUT2D eigenvalue weighted by atomic mass is 127. The third-order valence-electron chi connectivity index (χ3n) is 4.98. The van der Waals surface area contributed by atoms with Crippen molar-refractivity contribution in [3.05, 3.63) is 0 Å². The van der Waals surface area contributed by atoms with Crippen LogP contribution in [-0.4, -0.2) is 62.1 Å². The number of nitrogens with one attached hydrogen (secondary N) is 1. The summed E-state index contributed by atoms with van der Waals surface area (Å²) in [6.07, 6.45) is 5.43. The molecule has 1 N–H and O–H groups in total. The van der Waals surface area contributed by atoms with Gasteiger partial charge >= 0.3 is 0 Å². The first-order valence-corrected chi connectivity index (χ1v) is 9.26. The van der Waals surface area contributed by atoms with Gasteiger partial charge in [0.25, 0.3) is 0 Å². The standard InChI is InChI=1S/C18H36N4.HI/c1-15(2)11-17-7-10-22(14-17)18(19-4)20-12-16(3)13-21-8-5-6-9-21;/h15-17H,5-14H2,1-4H3,(H,19,20);1H. The lowest BCUT2D eigenvalue weighted by Gasteiger charge is -2.25. The van der Waals surface area contributed by atoms with Gasteiger partial charge in [-0.3, -0.25) is 4.99 Å². The summed E-state index contributed by atoms with van der Waals surface area (Å²) in [6, 6.07) is 0. The summed E-state index contributed by atoms with van der Waals surface area (Å²) in [5.41, 5.74) is 0. The lowest BCUT2D eigenvalue weighted by atomic mass is 9.97. The first-order chi connectivity index (χ1) is 10.6. The SMILES string of the molecule is CN=C(NCC(C)CN1CCCC1)N1CCC(CC(C)C)C1.I. The Balaban J connectivity index is 0.00000264. The van der Waals surface area contributed by atoms with Crippen molar-refractivity contribution in [1.29, 1.82) is 0 Å². The fourth-order valence-corrected chi connectivity index (χ4v) is 3.95. The molecule has 136 valence electrons. The van der Waals surface area contributed by atoms with E-state index in [9.17, 15) is 0 Å². The molecule has 4 nitrogen and oxygen atoms in total. The first kappa shape index (κ1) is 21.0. The van der Waals surface area contributed by atoms with Crippen LogP contribution in [-0.2, 0) is 0 Å². The quantitative estimate of drug-likeness (QED) is 0.394. The van der Waals surface area contributed by atoms with Crippen LogP contribution in [0.5, 0.6) is 0 Å². The number of hydrogen-bond acceptors (Lipinski definition) is 2. The van der Waals surface area contributed by atoms with Gasteiger partial charge < -0.3 is 15.1 Å². The van der Waals surface area contributed by atoms with Crippen molar-refractivity contribution in [2.24, 2.45) is 22.7 Å². The Hall–Kier alpha value is -0.0400. The molecule has 0 aliphatic carbocycles. The van der Waals surface area contributed by atoms with E-state index >= 15 is 0 Å². The van der Waals surface area contributed by atoms with Crippen molar-refractivity contribution < 1.29 is 0 Å². The largest absolute Gasteiger partial charge is 0.356 e. The number of rotatable bonds is 6. The van der Waals surface area contributed by atoms with Gasteiger partial charge in [-0.2, -0.15) is 0 Å². The number of nitrogens with zero attached hydrogens (tertiary/aromatic N) is 3. The molecular formula is C18H37IN4. The summed E-state index contributed by atoms with van der Waals surface area (Å²) in [6.45, 7) is 14.2. The molecule has 0 amide bonds. The Labute approximate surface area is 160 Å². The van der Waals surface area contributed by atoms with E-state index < -0.39 is 0 Å². The molecule has 2 aliphatic heterocycles. The maximum atomic E-state index is 4.51. The van der Waals surface area contributed by atoms with Gasteiger partial charge in [-0.15, -0.1) is 24.0 Å². The van der Waals surface area contributed by atoms with Crippen LogP contribution < -0.4 is 5.32 Å². The average Bonchev–Trinajstić information content (AvgIpc) is 3.11. The second kappa shape index (κ2) is 10.7. The molecule has 2 aliphatic rings. The third kappa shape index (κ3) is 7.16. The van der Waals surface area contributed by atoms with Crippen molar-refractivity contribution in [1.82, 2.24) is 15.1 Å². The van der Waals surface area contributed by atoms with Crippen molar-refractivity contribution in [3.63, 3.8) is 0 Å². The van der Waals surface area contributed by atoms with Crippen molar-refractivity contribution in [2.45, 2.75) is 46.5 Å². The summed E-state index contributed by atoms with van der Waals surface area (Å²) in [5.74, 6) is 3.45. The molecule has 2 unspecified atom stereocenters. The average molecular weight is 436 g/mol. The van der Waals surface area contributed by atoms with Crippen LogP contribution in [0.15, 0.2) is 4.99 Å². The van der Waals surface area contributed by atoms with Crippen molar-refractivity contribution in [2.75, 3.05) is 46.3 Å². The highest BCUT2D eigenvalue weighted by Crippen LogP contribution is 2.23. The maximum absolute atomic E-state index is 4.51. The van der Waals surface area contributed by atoms with E-state index in [0.29, 0.717) is 5.92 Å². The summed E-state index contributed by atoms with van der Waals surface area (Å²) in [5, 5.41) is 3.61. The van der Waals surface area contributed by atoms with Crippen LogP contribution in [0.1, 0.15) is 46.5 Å². The molecule has 2 saturated heterocycles. The van der Waals surface area contributed by atoms with Crippen molar-refractivity contribution >= 4 is 29.9 Å². The summed E-state index contributed by atoms with van der Waals surface area (Å²) in [4.78, 5) is 9.56. The van der Waals surface area contributed by atoms with Crippen LogP contribution in [0, 0.1) is 17.8 Å². The van der Waals surface area contributed by atoms with Gasteiger partial charge in [0.1, 0.15) is 0 Å².